The number of nitrogens with two attached hydrogens (primary N) is 1. The summed E-state index contributed by atoms with van der Waals surface area (Å²) in [7, 11) is 1.70. The molecule has 0 saturated carbocycles. The van der Waals surface area contributed by atoms with Crippen LogP contribution in [0.5, 0.6) is 0 Å². The van der Waals surface area contributed by atoms with Crippen molar-refractivity contribution in [2.75, 3.05) is 19.6 Å². The van der Waals surface area contributed by atoms with Gasteiger partial charge in [0.25, 0.3) is 0 Å². The molecule has 0 aliphatic heterocycles. The summed E-state index contributed by atoms with van der Waals surface area (Å²) in [5.41, 5.74) is 5.13. The Morgan fingerprint density at radius 1 is 1.45 bits per heavy atom. The third kappa shape index (κ3) is 6.62. The molecule has 0 atom stereocenters. The van der Waals surface area contributed by atoms with E-state index in [1.54, 1.807) is 7.11 Å². The molecule has 0 bridgehead atoms. The van der Waals surface area contributed by atoms with Crippen molar-refractivity contribution in [2.24, 2.45) is 5.73 Å². The Bertz CT molecular complexity index is 98.4. The van der Waals surface area contributed by atoms with Crippen LogP contribution in [0.25, 0.3) is 0 Å². The first-order valence-corrected chi connectivity index (χ1v) is 4.53. The highest BCUT2D eigenvalue weighted by molar-refractivity contribution is 7.94. The highest BCUT2D eigenvalue weighted by Crippen LogP contribution is 2.13. The number of hydrogen-bond donors (Lipinski definition) is 1. The van der Waals surface area contributed by atoms with Crippen molar-refractivity contribution in [2.45, 2.75) is 25.9 Å². The normalized spacial score (nSPS) is 12.0. The topological polar surface area (TPSA) is 44.5 Å². The van der Waals surface area contributed by atoms with Crippen molar-refractivity contribution in [1.29, 1.82) is 0 Å². The van der Waals surface area contributed by atoms with Gasteiger partial charge in [0.05, 0.1) is 18.1 Å². The molecule has 11 heavy (non-hydrogen) atoms. The fourth-order valence-electron chi connectivity index (χ4n) is 0.497. The quantitative estimate of drug-likeness (QED) is 0.380. The minimum Gasteiger partial charge on any atom is -0.379 e. The second kappa shape index (κ2) is 5.83. The fraction of sp³-hybridized carbons (Fsp3) is 1.00. The van der Waals surface area contributed by atoms with Gasteiger partial charge in [0, 0.05) is 25.6 Å². The van der Waals surface area contributed by atoms with Gasteiger partial charge >= 0.3 is 0 Å². The van der Waals surface area contributed by atoms with E-state index in [0.29, 0.717) is 12.5 Å². The summed E-state index contributed by atoms with van der Waals surface area (Å²) >= 11 is 1.28. The Balaban J connectivity index is 3.23. The molecule has 0 aromatic carbocycles. The van der Waals surface area contributed by atoms with Crippen LogP contribution in [0, 0.1) is 0 Å². The maximum absolute atomic E-state index is 5.22. The van der Waals surface area contributed by atoms with Gasteiger partial charge in [0.1, 0.15) is 0 Å². The molecule has 0 aliphatic carbocycles. The van der Waals surface area contributed by atoms with Gasteiger partial charge in [-0.15, -0.1) is 0 Å². The summed E-state index contributed by atoms with van der Waals surface area (Å²) in [4.78, 5) is 0. The van der Waals surface area contributed by atoms with E-state index < -0.39 is 0 Å². The zero-order chi connectivity index (χ0) is 8.74. The average molecular weight is 179 g/mol. The molecule has 68 valence electrons. The van der Waals surface area contributed by atoms with Gasteiger partial charge in [-0.3, -0.25) is 0 Å². The molecule has 0 saturated heterocycles. The molecule has 0 amide bonds. The molecular weight excluding hydrogens is 162 g/mol. The lowest BCUT2D eigenvalue weighted by Gasteiger charge is -2.21. The average Bonchev–Trinajstić information content (AvgIpc) is 1.99. The zero-order valence-corrected chi connectivity index (χ0v) is 8.24. The van der Waals surface area contributed by atoms with E-state index in [9.17, 15) is 0 Å². The Hall–Kier alpha value is 0.230. The molecule has 0 aromatic rings. The molecule has 0 spiro atoms. The lowest BCUT2D eigenvalue weighted by molar-refractivity contribution is 0.00715. The van der Waals surface area contributed by atoms with Crippen LogP contribution >= 0.6 is 12.0 Å². The molecule has 0 fully saturated rings. The predicted octanol–water partition coefficient (Wildman–Crippen LogP) is 1.38. The molecule has 2 N–H and O–H groups in total. The van der Waals surface area contributed by atoms with Crippen LogP contribution in [-0.2, 0) is 8.92 Å². The highest BCUT2D eigenvalue weighted by atomic mass is 32.2. The van der Waals surface area contributed by atoms with Crippen LogP contribution in [0.1, 0.15) is 20.3 Å². The maximum Gasteiger partial charge on any atom is 0.0660 e. The van der Waals surface area contributed by atoms with Crippen LogP contribution in [0.4, 0.5) is 0 Å². The third-order valence-corrected chi connectivity index (χ3v) is 1.96. The minimum atomic E-state index is -0.0881. The van der Waals surface area contributed by atoms with Gasteiger partial charge < -0.3 is 14.7 Å². The molecule has 0 aromatic heterocycles. The molecule has 0 rings (SSSR count). The molecule has 0 aliphatic rings. The molecule has 0 heterocycles. The second-order valence-corrected chi connectivity index (χ2v) is 3.63. The highest BCUT2D eigenvalue weighted by Gasteiger charge is 2.15. The number of ether oxygens (including phenoxy) is 1. The van der Waals surface area contributed by atoms with E-state index >= 15 is 0 Å². The summed E-state index contributed by atoms with van der Waals surface area (Å²) in [5, 5.41) is 0. The van der Waals surface area contributed by atoms with Crippen LogP contribution < -0.4 is 5.73 Å². The second-order valence-electron chi connectivity index (χ2n) is 2.82. The summed E-state index contributed by atoms with van der Waals surface area (Å²) in [5.74, 6) is 0.507. The van der Waals surface area contributed by atoms with Crippen molar-refractivity contribution in [3.63, 3.8) is 0 Å². The number of rotatable bonds is 6. The van der Waals surface area contributed by atoms with Crippen LogP contribution in [0.3, 0.4) is 0 Å². The van der Waals surface area contributed by atoms with Gasteiger partial charge in [0.15, 0.2) is 0 Å². The number of hydrogen-bond acceptors (Lipinski definition) is 4. The Morgan fingerprint density at radius 2 is 2.09 bits per heavy atom. The van der Waals surface area contributed by atoms with Crippen molar-refractivity contribution in [1.82, 2.24) is 0 Å². The van der Waals surface area contributed by atoms with Crippen molar-refractivity contribution in [3.05, 3.63) is 0 Å². The zero-order valence-electron chi connectivity index (χ0n) is 7.42. The molecule has 3 nitrogen and oxygen atoms in total. The molecule has 4 heteroatoms. The first-order chi connectivity index (χ1) is 5.12. The molecular formula is C7H17NO2S. The first kappa shape index (κ1) is 11.2. The fourth-order valence-corrected chi connectivity index (χ4v) is 0.794. The van der Waals surface area contributed by atoms with E-state index in [2.05, 4.69) is 0 Å². The Morgan fingerprint density at radius 3 is 2.55 bits per heavy atom. The summed E-state index contributed by atoms with van der Waals surface area (Å²) < 4.78 is 10.3. The van der Waals surface area contributed by atoms with E-state index in [1.165, 1.54) is 12.0 Å². The first-order valence-electron chi connectivity index (χ1n) is 3.62. The summed E-state index contributed by atoms with van der Waals surface area (Å²) in [6.45, 7) is 4.75. The van der Waals surface area contributed by atoms with Crippen molar-refractivity contribution < 1.29 is 8.92 Å². The van der Waals surface area contributed by atoms with E-state index in [-0.39, 0.29) is 5.60 Å². The van der Waals surface area contributed by atoms with Gasteiger partial charge in [-0.05, 0) is 13.8 Å². The lowest BCUT2D eigenvalue weighted by atomic mass is 10.1. The smallest absolute Gasteiger partial charge is 0.0660 e. The minimum absolute atomic E-state index is 0.0881. The van der Waals surface area contributed by atoms with E-state index in [1.807, 2.05) is 13.8 Å². The van der Waals surface area contributed by atoms with Gasteiger partial charge in [-0.2, -0.15) is 0 Å². The maximum atomic E-state index is 5.22. The Labute approximate surface area is 72.8 Å². The number of methoxy groups -OCH3 is 1. The third-order valence-electron chi connectivity index (χ3n) is 1.49. The van der Waals surface area contributed by atoms with E-state index in [4.69, 9.17) is 14.7 Å². The summed E-state index contributed by atoms with van der Waals surface area (Å²) in [6.07, 6.45) is 0.885. The predicted molar refractivity (Wildman–Crippen MR) is 48.3 cm³/mol. The van der Waals surface area contributed by atoms with Crippen LogP contribution in [-0.4, -0.2) is 25.2 Å². The standard InChI is InChI=1S/C7H17NO2S/c1-7(2,9-3)4-5-10-11-6-8/h4-6,8H2,1-3H3. The van der Waals surface area contributed by atoms with Crippen LogP contribution in [0.2, 0.25) is 0 Å². The monoisotopic (exact) mass is 179 g/mol. The van der Waals surface area contributed by atoms with Gasteiger partial charge in [0.2, 0.25) is 0 Å². The van der Waals surface area contributed by atoms with Crippen molar-refractivity contribution >= 4 is 12.0 Å². The van der Waals surface area contributed by atoms with E-state index in [0.717, 1.165) is 6.42 Å². The SMILES string of the molecule is COC(C)(C)CCOSCN. The van der Waals surface area contributed by atoms with Gasteiger partial charge in [-0.1, -0.05) is 0 Å². The largest absolute Gasteiger partial charge is 0.379 e. The van der Waals surface area contributed by atoms with Gasteiger partial charge in [-0.25, -0.2) is 0 Å². The molecule has 0 radical (unpaired) electrons. The Kier molecular flexibility index (Phi) is 5.95. The lowest BCUT2D eigenvalue weighted by Crippen LogP contribution is -2.23. The molecule has 0 unspecified atom stereocenters. The van der Waals surface area contributed by atoms with Crippen molar-refractivity contribution in [3.8, 4) is 0 Å². The van der Waals surface area contributed by atoms with Crippen LogP contribution in [0.15, 0.2) is 0 Å². The summed E-state index contributed by atoms with van der Waals surface area (Å²) in [6, 6.07) is 0.